The standard InChI is InChI=1S/C18H20N4OS.C11H15NO2S.C10H10ClN3S.C10H11N3OS.C8H11NO.CH3ClN2.Cl3OP.ClH/c1-22(11-7-9-12(23-2)10-8-11)16-15-13-5-3-4-6-14(13)24-17(15)21-18(19)20-16;1-2-14-11(13)9-7-5-3-4-6-8(7)15-10(9)12;11-8-7-5-3-1-2-4-6(5)15-9(7)14-10(12)13-8;11-10-12-8(14)7-5-3-1-2-4-6(5)15-9(7)13-10;1-9-7-3-5-8(10-2)6-4-7;2-1(3)4;1-5(2,3)4;/h7-10H,3-6H2,1-2H3,(H2,19,20,21);2-6,12H2,1H3;1-4H2,(H2,12,13,14);1-4H2,(H3,11,12,13,14);3-6,9H,1-2H3;(H3,3,4);;1H. The molecule has 2 aromatic carbocycles. The number of nitrogens with zero attached hydrogens (tertiary/aromatic N) is 6. The van der Waals surface area contributed by atoms with Gasteiger partial charge < -0.3 is 53.1 Å². The minimum Gasteiger partial charge on any atom is -0.497 e. The molecule has 4 aliphatic rings. The number of thiophene rings is 4. The molecule has 0 bridgehead atoms. The second-order valence-electron chi connectivity index (χ2n) is 20.1. The van der Waals surface area contributed by atoms with Gasteiger partial charge in [-0.15, -0.1) is 57.8 Å². The van der Waals surface area contributed by atoms with Crippen molar-refractivity contribution in [3.8, 4) is 11.5 Å². The van der Waals surface area contributed by atoms with Crippen LogP contribution < -0.4 is 53.9 Å². The number of ether oxygens (including phenoxy) is 3. The molecule has 0 amide bonds. The smallest absolute Gasteiger partial charge is 0.341 e. The molecule has 13 rings (SSSR count). The lowest BCUT2D eigenvalue weighted by Gasteiger charge is -2.21. The Balaban J connectivity index is 0.000000175. The fraction of sp³-hybridized carbons (Fsp3) is 0.379. The van der Waals surface area contributed by atoms with Crippen LogP contribution in [0.2, 0.25) is 5.15 Å². The summed E-state index contributed by atoms with van der Waals surface area (Å²) < 4.78 is 24.8. The summed E-state index contributed by atoms with van der Waals surface area (Å²) in [5.41, 5.74) is 35.2. The van der Waals surface area contributed by atoms with Gasteiger partial charge in [-0.25, -0.2) is 24.7 Å². The van der Waals surface area contributed by atoms with E-state index in [4.69, 9.17) is 54.2 Å². The van der Waals surface area contributed by atoms with Crippen molar-refractivity contribution >= 4 is 202 Å². The van der Waals surface area contributed by atoms with Gasteiger partial charge in [-0.1, -0.05) is 11.6 Å². The number of H-pyrrole nitrogens is 1. The zero-order valence-corrected chi connectivity index (χ0v) is 58.3. The van der Waals surface area contributed by atoms with Gasteiger partial charge in [-0.3, -0.25) is 19.8 Å². The Bertz CT molecular complexity index is 3940. The number of halogens is 6. The number of aromatic nitrogens is 6. The normalized spacial score (nSPS) is 13.4. The highest BCUT2D eigenvalue weighted by Crippen LogP contribution is 2.61. The van der Waals surface area contributed by atoms with Crippen molar-refractivity contribution in [1.82, 2.24) is 29.9 Å². The van der Waals surface area contributed by atoms with E-state index in [-0.39, 0.29) is 41.1 Å². The molecule has 9 aromatic rings. The maximum atomic E-state index is 11.8. The predicted octanol–water partition coefficient (Wildman–Crippen LogP) is 15.7. The number of carbonyl (C=O) groups is 1. The molecule has 480 valence electrons. The van der Waals surface area contributed by atoms with E-state index in [1.807, 2.05) is 69.6 Å². The minimum absolute atomic E-state index is 0. The lowest BCUT2D eigenvalue weighted by atomic mass is 9.95. The van der Waals surface area contributed by atoms with Gasteiger partial charge in [0.2, 0.25) is 17.8 Å². The molecule has 0 saturated carbocycles. The number of fused-ring (bicyclic) bond motifs is 10. The van der Waals surface area contributed by atoms with E-state index >= 15 is 0 Å². The summed E-state index contributed by atoms with van der Waals surface area (Å²) in [6.45, 7) is 2.22. The fourth-order valence-corrected chi connectivity index (χ4v) is 15.7. The maximum absolute atomic E-state index is 11.8. The third-order valence-corrected chi connectivity index (χ3v) is 19.2. The Morgan fingerprint density at radius 2 is 1.07 bits per heavy atom. The number of nitrogen functional groups attached to an aromatic ring is 4. The maximum Gasteiger partial charge on any atom is 0.341 e. The molecule has 31 heteroatoms. The molecule has 7 aromatic heterocycles. The monoisotopic (exact) mass is 1430 g/mol. The van der Waals surface area contributed by atoms with Crippen LogP contribution in [0.5, 0.6) is 11.5 Å². The minimum atomic E-state index is -3.22. The Morgan fingerprint density at radius 3 is 1.54 bits per heavy atom. The van der Waals surface area contributed by atoms with Gasteiger partial charge in [0.1, 0.15) is 42.0 Å². The topological polar surface area (TPSA) is 328 Å². The highest BCUT2D eigenvalue weighted by atomic mass is 36.0. The van der Waals surface area contributed by atoms with Gasteiger partial charge in [0, 0.05) is 45.0 Å². The van der Waals surface area contributed by atoms with Crippen LogP contribution in [-0.2, 0) is 60.7 Å². The zero-order chi connectivity index (χ0) is 63.8. The molecule has 0 unspecified atom stereocenters. The van der Waals surface area contributed by atoms with Crippen LogP contribution in [0.4, 0.5) is 40.0 Å². The number of hydrogen-bond donors (Lipinski definition) is 8. The quantitative estimate of drug-likeness (QED) is 0.0183. The summed E-state index contributed by atoms with van der Waals surface area (Å²) in [6.07, 6.45) is 18.3. The third kappa shape index (κ3) is 19.9. The molecule has 4 aliphatic carbocycles. The second-order valence-corrected chi connectivity index (χ2v) is 31.8. The first kappa shape index (κ1) is 72.4. The summed E-state index contributed by atoms with van der Waals surface area (Å²) in [5, 5.41) is 9.59. The van der Waals surface area contributed by atoms with E-state index in [1.54, 1.807) is 59.6 Å². The molecule has 7 heterocycles. The van der Waals surface area contributed by atoms with Crippen molar-refractivity contribution < 1.29 is 23.6 Å². The number of carbonyl (C=O) groups excluding carboxylic acids is 1. The number of amidine groups is 1. The molecule has 0 aliphatic heterocycles. The van der Waals surface area contributed by atoms with Crippen LogP contribution in [0, 0.1) is 5.41 Å². The molecule has 0 spiro atoms. The van der Waals surface area contributed by atoms with E-state index in [9.17, 15) is 14.2 Å². The summed E-state index contributed by atoms with van der Waals surface area (Å²) >= 11 is 31.2. The van der Waals surface area contributed by atoms with Crippen LogP contribution >= 0.6 is 120 Å². The summed E-state index contributed by atoms with van der Waals surface area (Å²) in [7, 11) is 7.25. The predicted molar refractivity (Wildman–Crippen MR) is 378 cm³/mol. The molecule has 0 atom stereocenters. The summed E-state index contributed by atoms with van der Waals surface area (Å²) in [6, 6.07) is 15.8. The Morgan fingerprint density at radius 1 is 0.663 bits per heavy atom. The first-order chi connectivity index (χ1) is 42.0. The van der Waals surface area contributed by atoms with Gasteiger partial charge in [-0.2, -0.15) is 4.98 Å². The van der Waals surface area contributed by atoms with Crippen molar-refractivity contribution in [2.75, 3.05) is 68.1 Å². The van der Waals surface area contributed by atoms with Crippen molar-refractivity contribution in [2.24, 2.45) is 5.73 Å². The molecule has 20 nitrogen and oxygen atoms in total. The number of benzene rings is 2. The van der Waals surface area contributed by atoms with Gasteiger partial charge in [0.25, 0.3) is 5.56 Å². The summed E-state index contributed by atoms with van der Waals surface area (Å²) in [4.78, 5) is 57.8. The molecule has 0 fully saturated rings. The van der Waals surface area contributed by atoms with E-state index in [0.29, 0.717) is 28.3 Å². The van der Waals surface area contributed by atoms with Gasteiger partial charge in [0.15, 0.2) is 5.29 Å². The number of methoxy groups -OCH3 is 2. The van der Waals surface area contributed by atoms with Gasteiger partial charge in [-0.05, 0) is 226 Å². The lowest BCUT2D eigenvalue weighted by Crippen LogP contribution is -2.14. The Labute approximate surface area is 562 Å². The van der Waals surface area contributed by atoms with Crippen LogP contribution in [0.1, 0.15) is 110 Å². The third-order valence-electron chi connectivity index (χ3n) is 14.3. The number of anilines is 7. The molecule has 0 radical (unpaired) electrons. The summed E-state index contributed by atoms with van der Waals surface area (Å²) in [5.74, 6) is 3.18. The highest BCUT2D eigenvalue weighted by Gasteiger charge is 2.26. The van der Waals surface area contributed by atoms with Crippen molar-refractivity contribution in [3.05, 3.63) is 111 Å². The fourth-order valence-electron chi connectivity index (χ4n) is 10.4. The second kappa shape index (κ2) is 34.2. The highest BCUT2D eigenvalue weighted by molar-refractivity contribution is 8.24. The van der Waals surface area contributed by atoms with Crippen LogP contribution in [0.25, 0.3) is 30.6 Å². The SMILES string of the molecule is CCOC(=O)c1c(N)sc2c1CCCC2.CNc1ccc(OC)cc1.COc1ccc(N(C)c2nc(N)nc3sc4c(c23)CCCC4)cc1.Cl.N=C(N)Cl.Nc1nc(Cl)c2c3c(sc2n1)CCCC3.Nc1nc2sc3c(c2c(=O)[nH]1)CCCC3.O=P(Cl)(Cl)Cl. The molecule has 89 heavy (non-hydrogen) atoms. The molecular formula is C58H71Cl6N14O6PS4. The van der Waals surface area contributed by atoms with Crippen molar-refractivity contribution in [3.63, 3.8) is 0 Å². The molecule has 13 N–H and O–H groups in total. The van der Waals surface area contributed by atoms with E-state index in [1.165, 1.54) is 86.5 Å². The first-order valence-electron chi connectivity index (χ1n) is 28.1. The van der Waals surface area contributed by atoms with E-state index < -0.39 is 5.20 Å². The van der Waals surface area contributed by atoms with Gasteiger partial charge >= 0.3 is 11.2 Å². The number of nitrogens with two attached hydrogens (primary N) is 5. The average molecular weight is 1430 g/mol. The number of aromatic amines is 1. The van der Waals surface area contributed by atoms with E-state index in [0.717, 1.165) is 117 Å². The lowest BCUT2D eigenvalue weighted by molar-refractivity contribution is 0.0526. The number of rotatable bonds is 7. The van der Waals surface area contributed by atoms with Gasteiger partial charge in [0.05, 0.1) is 42.5 Å². The average Bonchev–Trinajstić information content (AvgIpc) is 1.73. The molecular weight excluding hydrogens is 1360 g/mol. The van der Waals surface area contributed by atoms with E-state index in [2.05, 4.69) is 91.2 Å². The molecule has 0 saturated heterocycles. The van der Waals surface area contributed by atoms with Crippen LogP contribution in [0.15, 0.2) is 53.3 Å². The largest absolute Gasteiger partial charge is 0.497 e. The number of esters is 1. The first-order valence-corrected chi connectivity index (χ1v) is 36.5. The Hall–Kier alpha value is -5.63. The van der Waals surface area contributed by atoms with Crippen LogP contribution in [-0.4, -0.2) is 76.1 Å². The Kier molecular flexibility index (Phi) is 27.8. The number of aryl methyl sites for hydroxylation is 7. The number of hydrogen-bond acceptors (Lipinski definition) is 22. The van der Waals surface area contributed by atoms with Crippen molar-refractivity contribution in [1.29, 1.82) is 5.41 Å². The van der Waals surface area contributed by atoms with Crippen LogP contribution in [0.3, 0.4) is 0 Å². The number of nitrogens with one attached hydrogen (secondary N) is 3. The zero-order valence-electron chi connectivity index (χ0n) is 49.5. The van der Waals surface area contributed by atoms with Crippen molar-refractivity contribution in [2.45, 2.75) is 110 Å².